The minimum absolute atomic E-state index is 0.0826. The molecule has 1 aliphatic heterocycles. The Morgan fingerprint density at radius 1 is 1.08 bits per heavy atom. The SMILES string of the molecule is CCCc1ccc2c(c1)CC(c1cc(Cl)cc(Cl)c1)(C(F)(F)F)O2. The van der Waals surface area contributed by atoms with Crippen molar-refractivity contribution in [1.29, 1.82) is 0 Å². The summed E-state index contributed by atoms with van der Waals surface area (Å²) < 4.78 is 47.3. The van der Waals surface area contributed by atoms with Crippen LogP contribution >= 0.6 is 23.2 Å². The number of hydrogen-bond donors (Lipinski definition) is 0. The molecule has 1 heterocycles. The maximum absolute atomic E-state index is 14.0. The van der Waals surface area contributed by atoms with E-state index in [9.17, 15) is 13.2 Å². The molecule has 1 nitrogen and oxygen atoms in total. The number of ether oxygens (including phenoxy) is 1. The molecule has 0 fully saturated rings. The van der Waals surface area contributed by atoms with Gasteiger partial charge in [0, 0.05) is 22.0 Å². The maximum atomic E-state index is 14.0. The van der Waals surface area contributed by atoms with Crippen LogP contribution in [0.1, 0.15) is 30.0 Å². The summed E-state index contributed by atoms with van der Waals surface area (Å²) in [5.41, 5.74) is -0.994. The van der Waals surface area contributed by atoms with Gasteiger partial charge >= 0.3 is 6.18 Å². The van der Waals surface area contributed by atoms with Crippen LogP contribution in [0.4, 0.5) is 13.2 Å². The molecule has 1 atom stereocenters. The molecule has 0 radical (unpaired) electrons. The molecule has 1 unspecified atom stereocenters. The van der Waals surface area contributed by atoms with Gasteiger partial charge in [-0.25, -0.2) is 0 Å². The van der Waals surface area contributed by atoms with E-state index in [1.807, 2.05) is 6.92 Å². The lowest BCUT2D eigenvalue weighted by molar-refractivity contribution is -0.248. The molecule has 0 amide bonds. The average molecular weight is 375 g/mol. The maximum Gasteiger partial charge on any atom is 0.432 e. The summed E-state index contributed by atoms with van der Waals surface area (Å²) in [5.74, 6) is 0.253. The number of hydrogen-bond acceptors (Lipinski definition) is 1. The summed E-state index contributed by atoms with van der Waals surface area (Å²) in [6.45, 7) is 2.03. The van der Waals surface area contributed by atoms with Gasteiger partial charge in [0.25, 0.3) is 0 Å². The van der Waals surface area contributed by atoms with Crippen LogP contribution in [-0.2, 0) is 18.4 Å². The largest absolute Gasteiger partial charge is 0.472 e. The number of fused-ring (bicyclic) bond motifs is 1. The lowest BCUT2D eigenvalue weighted by Crippen LogP contribution is -2.46. The number of benzene rings is 2. The van der Waals surface area contributed by atoms with Crippen LogP contribution in [0.2, 0.25) is 10.0 Å². The van der Waals surface area contributed by atoms with Crippen molar-refractivity contribution in [2.24, 2.45) is 0 Å². The van der Waals surface area contributed by atoms with Crippen LogP contribution in [0, 0.1) is 0 Å². The van der Waals surface area contributed by atoms with Gasteiger partial charge in [0.15, 0.2) is 0 Å². The molecule has 0 aliphatic carbocycles. The first-order valence-corrected chi connectivity index (χ1v) is 8.35. The first-order valence-electron chi connectivity index (χ1n) is 7.59. The van der Waals surface area contributed by atoms with Gasteiger partial charge in [-0.1, -0.05) is 48.7 Å². The topological polar surface area (TPSA) is 9.23 Å². The number of alkyl halides is 3. The van der Waals surface area contributed by atoms with E-state index in [1.54, 1.807) is 18.2 Å². The fraction of sp³-hybridized carbons (Fsp3) is 0.333. The van der Waals surface area contributed by atoms with Crippen LogP contribution in [0.5, 0.6) is 5.75 Å². The third-order valence-electron chi connectivity index (χ3n) is 4.17. The molecule has 0 saturated heterocycles. The average Bonchev–Trinajstić information content (AvgIpc) is 2.86. The van der Waals surface area contributed by atoms with Crippen LogP contribution in [0.3, 0.4) is 0 Å². The van der Waals surface area contributed by atoms with Gasteiger partial charge in [-0.05, 0) is 41.8 Å². The molecule has 3 rings (SSSR count). The minimum Gasteiger partial charge on any atom is -0.472 e. The minimum atomic E-state index is -4.61. The van der Waals surface area contributed by atoms with E-state index in [1.165, 1.54) is 18.2 Å². The molecular weight excluding hydrogens is 360 g/mol. The Kier molecular flexibility index (Phi) is 4.47. The Hall–Kier alpha value is -1.39. The highest BCUT2D eigenvalue weighted by atomic mass is 35.5. The molecule has 0 bridgehead atoms. The fourth-order valence-electron chi connectivity index (χ4n) is 3.08. The fourth-order valence-corrected chi connectivity index (χ4v) is 3.60. The molecule has 0 spiro atoms. The van der Waals surface area contributed by atoms with Crippen molar-refractivity contribution in [2.75, 3.05) is 0 Å². The zero-order valence-electron chi connectivity index (χ0n) is 12.9. The molecule has 24 heavy (non-hydrogen) atoms. The highest BCUT2D eigenvalue weighted by molar-refractivity contribution is 6.34. The van der Waals surface area contributed by atoms with Crippen LogP contribution in [0.15, 0.2) is 36.4 Å². The molecule has 6 heteroatoms. The van der Waals surface area contributed by atoms with Crippen molar-refractivity contribution < 1.29 is 17.9 Å². The third kappa shape index (κ3) is 2.98. The van der Waals surface area contributed by atoms with E-state index in [-0.39, 0.29) is 27.8 Å². The highest BCUT2D eigenvalue weighted by Gasteiger charge is 2.61. The first-order chi connectivity index (χ1) is 11.2. The Labute approximate surface area is 148 Å². The van der Waals surface area contributed by atoms with Crippen molar-refractivity contribution in [3.8, 4) is 5.75 Å². The van der Waals surface area contributed by atoms with Crippen LogP contribution in [0.25, 0.3) is 0 Å². The van der Waals surface area contributed by atoms with Gasteiger partial charge in [-0.3, -0.25) is 0 Å². The second kappa shape index (κ2) is 6.16. The van der Waals surface area contributed by atoms with Crippen LogP contribution < -0.4 is 4.74 Å². The van der Waals surface area contributed by atoms with Gasteiger partial charge in [0.1, 0.15) is 5.75 Å². The molecule has 0 saturated carbocycles. The second-order valence-electron chi connectivity index (χ2n) is 5.95. The Morgan fingerprint density at radius 2 is 1.75 bits per heavy atom. The van der Waals surface area contributed by atoms with E-state index in [4.69, 9.17) is 27.9 Å². The van der Waals surface area contributed by atoms with Crippen molar-refractivity contribution in [3.05, 3.63) is 63.1 Å². The normalized spacial score (nSPS) is 19.9. The number of halogens is 5. The smallest absolute Gasteiger partial charge is 0.432 e. The summed E-state index contributed by atoms with van der Waals surface area (Å²) >= 11 is 11.8. The van der Waals surface area contributed by atoms with Crippen molar-refractivity contribution in [1.82, 2.24) is 0 Å². The summed E-state index contributed by atoms with van der Waals surface area (Å²) in [6.07, 6.45) is -3.16. The highest BCUT2D eigenvalue weighted by Crippen LogP contribution is 2.51. The van der Waals surface area contributed by atoms with Gasteiger partial charge in [0.05, 0.1) is 0 Å². The molecule has 128 valence electrons. The predicted octanol–water partition coefficient (Wildman–Crippen LogP) is 6.34. The van der Waals surface area contributed by atoms with Gasteiger partial charge < -0.3 is 4.74 Å². The van der Waals surface area contributed by atoms with Crippen molar-refractivity contribution in [3.63, 3.8) is 0 Å². The zero-order valence-corrected chi connectivity index (χ0v) is 14.4. The number of rotatable bonds is 3. The van der Waals surface area contributed by atoms with E-state index in [2.05, 4.69) is 0 Å². The lowest BCUT2D eigenvalue weighted by Gasteiger charge is -2.31. The summed E-state index contributed by atoms with van der Waals surface area (Å²) in [4.78, 5) is 0. The van der Waals surface area contributed by atoms with Crippen molar-refractivity contribution in [2.45, 2.75) is 38.0 Å². The zero-order chi connectivity index (χ0) is 17.5. The summed E-state index contributed by atoms with van der Waals surface area (Å²) in [7, 11) is 0. The molecule has 0 N–H and O–H groups in total. The van der Waals surface area contributed by atoms with E-state index in [0.29, 0.717) is 5.56 Å². The monoisotopic (exact) mass is 374 g/mol. The quantitative estimate of drug-likeness (QED) is 0.608. The predicted molar refractivity (Wildman–Crippen MR) is 89.0 cm³/mol. The summed E-state index contributed by atoms with van der Waals surface area (Å²) in [5, 5.41) is 0.291. The summed E-state index contributed by atoms with van der Waals surface area (Å²) in [6, 6.07) is 9.13. The number of aryl methyl sites for hydroxylation is 1. The molecular formula is C18H15Cl2F3O. The van der Waals surface area contributed by atoms with Gasteiger partial charge in [-0.2, -0.15) is 13.2 Å². The third-order valence-corrected chi connectivity index (χ3v) is 4.61. The molecule has 0 aromatic heterocycles. The first kappa shape index (κ1) is 17.4. The standard InChI is InChI=1S/C18H15Cl2F3O/c1-2-3-11-4-5-16-12(6-11)10-17(24-16,18(21,22)23)13-7-14(19)9-15(20)8-13/h4-9H,2-3,10H2,1H3. The van der Waals surface area contributed by atoms with E-state index >= 15 is 0 Å². The van der Waals surface area contributed by atoms with Gasteiger partial charge in [-0.15, -0.1) is 0 Å². The van der Waals surface area contributed by atoms with Crippen LogP contribution in [-0.4, -0.2) is 6.18 Å². The molecule has 2 aromatic rings. The second-order valence-corrected chi connectivity index (χ2v) is 6.83. The molecule has 2 aromatic carbocycles. The Balaban J connectivity index is 2.10. The lowest BCUT2D eigenvalue weighted by atomic mass is 9.88. The van der Waals surface area contributed by atoms with E-state index < -0.39 is 11.8 Å². The van der Waals surface area contributed by atoms with E-state index in [0.717, 1.165) is 18.4 Å². The Morgan fingerprint density at radius 3 is 2.33 bits per heavy atom. The van der Waals surface area contributed by atoms with Crippen molar-refractivity contribution >= 4 is 23.2 Å². The van der Waals surface area contributed by atoms with Gasteiger partial charge in [0.2, 0.25) is 5.60 Å². The molecule has 1 aliphatic rings. The Bertz CT molecular complexity index is 753.